The van der Waals surface area contributed by atoms with E-state index in [2.05, 4.69) is 16.0 Å². The van der Waals surface area contributed by atoms with Crippen LogP contribution in [0.4, 0.5) is 0 Å². The number of aliphatic carboxylic acids is 1. The molecule has 7 heteroatoms. The molecule has 29 heavy (non-hydrogen) atoms. The van der Waals surface area contributed by atoms with Crippen molar-refractivity contribution in [3.63, 3.8) is 0 Å². The van der Waals surface area contributed by atoms with Crippen molar-refractivity contribution in [1.29, 1.82) is 0 Å². The molecule has 2 atom stereocenters. The van der Waals surface area contributed by atoms with E-state index in [-0.39, 0.29) is 5.92 Å². The van der Waals surface area contributed by atoms with E-state index in [1.165, 1.54) is 4.70 Å². The van der Waals surface area contributed by atoms with Gasteiger partial charge in [0.05, 0.1) is 15.2 Å². The van der Waals surface area contributed by atoms with Crippen LogP contribution in [0, 0.1) is 0 Å². The summed E-state index contributed by atoms with van der Waals surface area (Å²) in [5.74, 6) is -0.590. The zero-order chi connectivity index (χ0) is 20.0. The van der Waals surface area contributed by atoms with E-state index in [0.717, 1.165) is 46.4 Å². The molecule has 148 valence electrons. The number of piperidine rings is 1. The van der Waals surface area contributed by atoms with E-state index in [0.29, 0.717) is 11.6 Å². The zero-order valence-corrected chi connectivity index (χ0v) is 17.2. The Hall–Kier alpha value is -2.41. The quantitative estimate of drug-likeness (QED) is 0.457. The number of para-hydroxylation sites is 1. The Bertz CT molecular complexity index is 1170. The van der Waals surface area contributed by atoms with Gasteiger partial charge in [0.1, 0.15) is 6.04 Å². The highest BCUT2D eigenvalue weighted by molar-refractivity contribution is 7.18. The molecule has 0 saturated carbocycles. The number of nitrogens with zero attached hydrogens (tertiary/aromatic N) is 2. The van der Waals surface area contributed by atoms with Gasteiger partial charge in [-0.2, -0.15) is 0 Å². The molecular formula is C22H20ClN3O2S. The molecular weight excluding hydrogens is 406 g/mol. The van der Waals surface area contributed by atoms with Crippen LogP contribution in [0.25, 0.3) is 21.1 Å². The normalized spacial score (nSPS) is 19.0. The molecule has 0 radical (unpaired) electrons. The van der Waals surface area contributed by atoms with Crippen molar-refractivity contribution >= 4 is 50.0 Å². The third kappa shape index (κ3) is 3.41. The molecule has 0 spiro atoms. The number of hydrogen-bond donors (Lipinski definition) is 2. The highest BCUT2D eigenvalue weighted by Gasteiger charge is 2.34. The fraction of sp³-hybridized carbons (Fsp3) is 0.273. The van der Waals surface area contributed by atoms with E-state index < -0.39 is 12.0 Å². The topological polar surface area (TPSA) is 69.2 Å². The van der Waals surface area contributed by atoms with Crippen molar-refractivity contribution in [1.82, 2.24) is 14.9 Å². The molecule has 0 amide bonds. The van der Waals surface area contributed by atoms with E-state index in [1.54, 1.807) is 17.5 Å². The smallest absolute Gasteiger partial charge is 0.325 e. The molecule has 2 aromatic carbocycles. The number of carbonyl (C=O) groups is 1. The molecule has 4 aromatic rings. The van der Waals surface area contributed by atoms with Crippen LogP contribution in [-0.2, 0) is 4.79 Å². The Balaban J connectivity index is 1.48. The Labute approximate surface area is 176 Å². The summed E-state index contributed by atoms with van der Waals surface area (Å²) in [4.78, 5) is 22.4. The first-order chi connectivity index (χ1) is 14.1. The number of hydrogen-bond acceptors (Lipinski definition) is 4. The van der Waals surface area contributed by atoms with Gasteiger partial charge in [-0.3, -0.25) is 9.69 Å². The fourth-order valence-corrected chi connectivity index (χ4v) is 5.60. The lowest BCUT2D eigenvalue weighted by Gasteiger charge is -2.35. The van der Waals surface area contributed by atoms with Crippen LogP contribution in [0.5, 0.6) is 0 Å². The van der Waals surface area contributed by atoms with Gasteiger partial charge in [0.2, 0.25) is 0 Å². The third-order valence-corrected chi connectivity index (χ3v) is 7.12. The van der Waals surface area contributed by atoms with E-state index in [4.69, 9.17) is 16.6 Å². The standard InChI is InChI=1S/C22H20ClN3O2S/c23-14-7-8-17-15(10-14)16(11-24-17)20(22(27)28)26-9-3-4-13(12-26)21-25-18-5-1-2-6-19(18)29-21/h1-2,5-8,10-11,13,20,24H,3-4,9,12H2,(H,27,28)/t13-,20-/m0/s1. The number of carboxylic acids is 1. The fourth-order valence-electron chi connectivity index (χ4n) is 4.33. The molecule has 2 N–H and O–H groups in total. The molecule has 2 aromatic heterocycles. The predicted molar refractivity (Wildman–Crippen MR) is 117 cm³/mol. The van der Waals surface area contributed by atoms with E-state index in [1.807, 2.05) is 36.4 Å². The van der Waals surface area contributed by atoms with Crippen LogP contribution in [0.1, 0.15) is 35.4 Å². The van der Waals surface area contributed by atoms with Gasteiger partial charge in [0, 0.05) is 40.1 Å². The summed E-state index contributed by atoms with van der Waals surface area (Å²) in [6.45, 7) is 1.44. The number of nitrogens with one attached hydrogen (secondary N) is 1. The molecule has 1 saturated heterocycles. The zero-order valence-electron chi connectivity index (χ0n) is 15.6. The van der Waals surface area contributed by atoms with Gasteiger partial charge in [0.25, 0.3) is 0 Å². The lowest BCUT2D eigenvalue weighted by molar-refractivity contribution is -0.144. The molecule has 1 fully saturated rings. The number of likely N-dealkylation sites (tertiary alicyclic amines) is 1. The lowest BCUT2D eigenvalue weighted by Crippen LogP contribution is -2.40. The van der Waals surface area contributed by atoms with Crippen LogP contribution in [0.15, 0.2) is 48.7 Å². The van der Waals surface area contributed by atoms with Crippen molar-refractivity contribution in [2.75, 3.05) is 13.1 Å². The Morgan fingerprint density at radius 1 is 1.31 bits per heavy atom. The third-order valence-electron chi connectivity index (χ3n) is 5.68. The van der Waals surface area contributed by atoms with Crippen molar-refractivity contribution < 1.29 is 9.90 Å². The maximum absolute atomic E-state index is 12.3. The van der Waals surface area contributed by atoms with Crippen molar-refractivity contribution in [3.05, 3.63) is 64.3 Å². The van der Waals surface area contributed by atoms with Crippen LogP contribution < -0.4 is 0 Å². The number of carboxylic acid groups (broad SMARTS) is 1. The monoisotopic (exact) mass is 425 g/mol. The minimum Gasteiger partial charge on any atom is -0.480 e. The summed E-state index contributed by atoms with van der Waals surface area (Å²) < 4.78 is 1.18. The minimum atomic E-state index is -0.837. The highest BCUT2D eigenvalue weighted by Crippen LogP contribution is 2.37. The van der Waals surface area contributed by atoms with E-state index >= 15 is 0 Å². The van der Waals surface area contributed by atoms with Gasteiger partial charge in [-0.05, 0) is 49.7 Å². The number of rotatable bonds is 4. The summed E-state index contributed by atoms with van der Waals surface area (Å²) >= 11 is 7.90. The SMILES string of the molecule is O=C(O)[C@H](c1c[nH]c2ccc(Cl)cc12)N1CCC[C@H](c2nc3ccccc3s2)C1. The Kier molecular flexibility index (Phi) is 4.78. The summed E-state index contributed by atoms with van der Waals surface area (Å²) in [7, 11) is 0. The first-order valence-electron chi connectivity index (χ1n) is 9.69. The number of benzene rings is 2. The number of thiazole rings is 1. The number of fused-ring (bicyclic) bond motifs is 2. The van der Waals surface area contributed by atoms with Crippen LogP contribution in [-0.4, -0.2) is 39.0 Å². The Morgan fingerprint density at radius 3 is 3.00 bits per heavy atom. The molecule has 1 aliphatic heterocycles. The summed E-state index contributed by atoms with van der Waals surface area (Å²) in [5.41, 5.74) is 2.68. The number of aromatic amines is 1. The maximum Gasteiger partial charge on any atom is 0.325 e. The van der Waals surface area contributed by atoms with Gasteiger partial charge in [0.15, 0.2) is 0 Å². The second-order valence-corrected chi connectivity index (χ2v) is 9.03. The summed E-state index contributed by atoms with van der Waals surface area (Å²) in [6.07, 6.45) is 3.79. The van der Waals surface area contributed by atoms with E-state index in [9.17, 15) is 9.90 Å². The van der Waals surface area contributed by atoms with Gasteiger partial charge in [-0.15, -0.1) is 11.3 Å². The predicted octanol–water partition coefficient (Wildman–Crippen LogP) is 5.44. The van der Waals surface area contributed by atoms with Crippen LogP contribution >= 0.6 is 22.9 Å². The highest BCUT2D eigenvalue weighted by atomic mass is 35.5. The van der Waals surface area contributed by atoms with Gasteiger partial charge >= 0.3 is 5.97 Å². The second kappa shape index (κ2) is 7.44. The van der Waals surface area contributed by atoms with Gasteiger partial charge < -0.3 is 10.1 Å². The summed E-state index contributed by atoms with van der Waals surface area (Å²) in [6, 6.07) is 13.0. The molecule has 0 aliphatic carbocycles. The largest absolute Gasteiger partial charge is 0.480 e. The first kappa shape index (κ1) is 18.6. The maximum atomic E-state index is 12.3. The average Bonchev–Trinajstić information content (AvgIpc) is 3.32. The van der Waals surface area contributed by atoms with Crippen molar-refractivity contribution in [2.45, 2.75) is 24.8 Å². The van der Waals surface area contributed by atoms with Crippen molar-refractivity contribution in [2.24, 2.45) is 0 Å². The molecule has 1 aliphatic rings. The molecule has 5 rings (SSSR count). The van der Waals surface area contributed by atoms with Gasteiger partial charge in [-0.1, -0.05) is 23.7 Å². The summed E-state index contributed by atoms with van der Waals surface area (Å²) in [5, 5.41) is 12.7. The minimum absolute atomic E-state index is 0.247. The molecule has 5 nitrogen and oxygen atoms in total. The Morgan fingerprint density at radius 2 is 2.17 bits per heavy atom. The first-order valence-corrected chi connectivity index (χ1v) is 10.9. The van der Waals surface area contributed by atoms with Gasteiger partial charge in [-0.25, -0.2) is 4.98 Å². The number of H-pyrrole nitrogens is 1. The lowest BCUT2D eigenvalue weighted by atomic mass is 9.95. The van der Waals surface area contributed by atoms with Crippen LogP contribution in [0.3, 0.4) is 0 Å². The van der Waals surface area contributed by atoms with Crippen LogP contribution in [0.2, 0.25) is 5.02 Å². The average molecular weight is 426 g/mol. The van der Waals surface area contributed by atoms with Crippen molar-refractivity contribution in [3.8, 4) is 0 Å². The molecule has 3 heterocycles. The molecule has 0 bridgehead atoms. The second-order valence-electron chi connectivity index (χ2n) is 7.53. The number of halogens is 1. The molecule has 0 unspecified atom stereocenters. The number of aromatic nitrogens is 2.